The van der Waals surface area contributed by atoms with Crippen molar-refractivity contribution in [3.63, 3.8) is 0 Å². The number of ether oxygens (including phenoxy) is 2. The molecular weight excluding hydrogens is 338 g/mol. The van der Waals surface area contributed by atoms with Crippen LogP contribution in [0.5, 0.6) is 5.75 Å². The van der Waals surface area contributed by atoms with Crippen molar-refractivity contribution >= 4 is 28.4 Å². The van der Waals surface area contributed by atoms with Gasteiger partial charge in [0.1, 0.15) is 12.4 Å². The maximum atomic E-state index is 12.0. The minimum atomic E-state index is -0.691. The van der Waals surface area contributed by atoms with Crippen LogP contribution in [0.1, 0.15) is 10.6 Å². The number of H-pyrrole nitrogens is 1. The van der Waals surface area contributed by atoms with Gasteiger partial charge in [0.25, 0.3) is 0 Å². The molecule has 0 atom stereocenters. The van der Waals surface area contributed by atoms with Crippen LogP contribution >= 0.6 is 11.3 Å². The van der Waals surface area contributed by atoms with Gasteiger partial charge in [0, 0.05) is 41.6 Å². The predicted molar refractivity (Wildman–Crippen MR) is 98.4 cm³/mol. The van der Waals surface area contributed by atoms with Crippen LogP contribution in [0.4, 0.5) is 4.79 Å². The van der Waals surface area contributed by atoms with Gasteiger partial charge in [0.15, 0.2) is 0 Å². The quantitative estimate of drug-likeness (QED) is 0.517. The second-order valence-electron chi connectivity index (χ2n) is 5.92. The summed E-state index contributed by atoms with van der Waals surface area (Å²) < 4.78 is 10.6. The van der Waals surface area contributed by atoms with E-state index in [0.717, 1.165) is 34.4 Å². The summed E-state index contributed by atoms with van der Waals surface area (Å²) in [6.07, 6.45) is 4.47. The van der Waals surface area contributed by atoms with Gasteiger partial charge in [-0.15, -0.1) is 11.3 Å². The van der Waals surface area contributed by atoms with Crippen molar-refractivity contribution in [1.82, 2.24) is 14.9 Å². The number of benzene rings is 1. The van der Waals surface area contributed by atoms with Crippen molar-refractivity contribution < 1.29 is 14.3 Å². The molecular formula is C18H21N3O3S. The lowest BCUT2D eigenvalue weighted by molar-refractivity contribution is 0.101. The van der Waals surface area contributed by atoms with Crippen LogP contribution in [-0.2, 0) is 17.6 Å². The van der Waals surface area contributed by atoms with Crippen molar-refractivity contribution in [2.45, 2.75) is 12.8 Å². The number of thiazole rings is 1. The molecule has 2 heterocycles. The standard InChI is InChI=1S/C18H21N3O3S/c1-21(2)9-6-13-12-20-14-4-3-5-15(17(13)14)24-18(22)23-10-7-16-19-8-11-25-16/h3-5,8,11-12,20H,6-7,9-10H2,1-2H3. The second-order valence-corrected chi connectivity index (χ2v) is 6.90. The van der Waals surface area contributed by atoms with Gasteiger partial charge in [-0.25, -0.2) is 9.78 Å². The molecule has 0 bridgehead atoms. The Kier molecular flexibility index (Phi) is 5.67. The van der Waals surface area contributed by atoms with E-state index >= 15 is 0 Å². The van der Waals surface area contributed by atoms with Crippen LogP contribution in [0.15, 0.2) is 36.0 Å². The number of aromatic nitrogens is 2. The summed E-state index contributed by atoms with van der Waals surface area (Å²) in [5.74, 6) is 0.520. The van der Waals surface area contributed by atoms with E-state index in [0.29, 0.717) is 12.2 Å². The molecule has 0 radical (unpaired) electrons. The topological polar surface area (TPSA) is 67.5 Å². The van der Waals surface area contributed by atoms with E-state index in [-0.39, 0.29) is 6.61 Å². The summed E-state index contributed by atoms with van der Waals surface area (Å²) in [5, 5.41) is 3.77. The zero-order valence-corrected chi connectivity index (χ0v) is 15.1. The lowest BCUT2D eigenvalue weighted by Crippen LogP contribution is -2.15. The lowest BCUT2D eigenvalue weighted by Gasteiger charge is -2.10. The average Bonchev–Trinajstić information content (AvgIpc) is 3.23. The number of hydrogen-bond donors (Lipinski definition) is 1. The van der Waals surface area contributed by atoms with Gasteiger partial charge in [-0.3, -0.25) is 0 Å². The first-order valence-corrected chi connectivity index (χ1v) is 8.98. The molecule has 0 aliphatic rings. The smallest absolute Gasteiger partial charge is 0.434 e. The number of rotatable bonds is 7. The molecule has 2 aromatic heterocycles. The number of carbonyl (C=O) groups excluding carboxylic acids is 1. The van der Waals surface area contributed by atoms with Crippen molar-refractivity contribution in [2.24, 2.45) is 0 Å². The maximum Gasteiger partial charge on any atom is 0.513 e. The summed E-state index contributed by atoms with van der Waals surface area (Å²) in [5.41, 5.74) is 2.07. The molecule has 0 spiro atoms. The SMILES string of the molecule is CN(C)CCc1c[nH]c2cccc(OC(=O)OCCc3nccs3)c12. The first-order chi connectivity index (χ1) is 12.1. The van der Waals surface area contributed by atoms with Crippen LogP contribution in [0.25, 0.3) is 10.9 Å². The second kappa shape index (κ2) is 8.13. The van der Waals surface area contributed by atoms with E-state index in [4.69, 9.17) is 9.47 Å². The van der Waals surface area contributed by atoms with Gasteiger partial charge in [-0.1, -0.05) is 6.07 Å². The van der Waals surface area contributed by atoms with Gasteiger partial charge in [0.05, 0.1) is 5.01 Å². The van der Waals surface area contributed by atoms with E-state index in [1.807, 2.05) is 37.8 Å². The highest BCUT2D eigenvalue weighted by molar-refractivity contribution is 7.09. The van der Waals surface area contributed by atoms with Crippen LogP contribution in [0.2, 0.25) is 0 Å². The molecule has 25 heavy (non-hydrogen) atoms. The molecule has 0 aliphatic heterocycles. The molecule has 0 amide bonds. The number of nitrogens with one attached hydrogen (secondary N) is 1. The highest BCUT2D eigenvalue weighted by atomic mass is 32.1. The van der Waals surface area contributed by atoms with Crippen LogP contribution in [0.3, 0.4) is 0 Å². The Morgan fingerprint density at radius 2 is 2.20 bits per heavy atom. The Balaban J connectivity index is 1.65. The number of carbonyl (C=O) groups is 1. The molecule has 0 aliphatic carbocycles. The number of likely N-dealkylation sites (N-methyl/N-ethyl adjacent to an activating group) is 1. The minimum absolute atomic E-state index is 0.253. The number of aromatic amines is 1. The fourth-order valence-corrected chi connectivity index (χ4v) is 3.17. The third-order valence-electron chi connectivity index (χ3n) is 3.79. The molecule has 3 aromatic rings. The Morgan fingerprint density at radius 1 is 1.32 bits per heavy atom. The summed E-state index contributed by atoms with van der Waals surface area (Å²) in [6, 6.07) is 5.61. The summed E-state index contributed by atoms with van der Waals surface area (Å²) in [4.78, 5) is 21.5. The van der Waals surface area contributed by atoms with E-state index < -0.39 is 6.16 Å². The number of fused-ring (bicyclic) bond motifs is 1. The van der Waals surface area contributed by atoms with Crippen LogP contribution in [0, 0.1) is 0 Å². The molecule has 1 aromatic carbocycles. The zero-order chi connectivity index (χ0) is 17.6. The molecule has 132 valence electrons. The number of hydrogen-bond acceptors (Lipinski definition) is 6. The minimum Gasteiger partial charge on any atom is -0.434 e. The Labute approximate surface area is 150 Å². The third kappa shape index (κ3) is 4.58. The predicted octanol–water partition coefficient (Wildman–Crippen LogP) is 3.49. The highest BCUT2D eigenvalue weighted by Crippen LogP contribution is 2.29. The van der Waals surface area contributed by atoms with Crippen molar-refractivity contribution in [2.75, 3.05) is 27.2 Å². The molecule has 0 unspecified atom stereocenters. The van der Waals surface area contributed by atoms with Gasteiger partial charge in [-0.2, -0.15) is 0 Å². The molecule has 0 fully saturated rings. The van der Waals surface area contributed by atoms with Crippen LogP contribution < -0.4 is 4.74 Å². The third-order valence-corrected chi connectivity index (χ3v) is 4.63. The molecule has 0 saturated heterocycles. The summed E-state index contributed by atoms with van der Waals surface area (Å²) in [6.45, 7) is 1.17. The summed E-state index contributed by atoms with van der Waals surface area (Å²) >= 11 is 1.54. The van der Waals surface area contributed by atoms with Gasteiger partial charge in [-0.05, 0) is 38.2 Å². The fraction of sp³-hybridized carbons (Fsp3) is 0.333. The molecule has 1 N–H and O–H groups in total. The van der Waals surface area contributed by atoms with Crippen molar-refractivity contribution in [3.8, 4) is 5.75 Å². The van der Waals surface area contributed by atoms with E-state index in [1.165, 1.54) is 11.3 Å². The van der Waals surface area contributed by atoms with Crippen molar-refractivity contribution in [3.05, 3.63) is 46.5 Å². The lowest BCUT2D eigenvalue weighted by atomic mass is 10.1. The fourth-order valence-electron chi connectivity index (χ4n) is 2.56. The Morgan fingerprint density at radius 3 is 2.96 bits per heavy atom. The molecule has 0 saturated carbocycles. The molecule has 7 heteroatoms. The molecule has 3 rings (SSSR count). The monoisotopic (exact) mass is 359 g/mol. The Bertz CT molecular complexity index is 827. The molecule has 6 nitrogen and oxygen atoms in total. The highest BCUT2D eigenvalue weighted by Gasteiger charge is 2.14. The van der Waals surface area contributed by atoms with Gasteiger partial charge in [0.2, 0.25) is 0 Å². The average molecular weight is 359 g/mol. The van der Waals surface area contributed by atoms with E-state index in [9.17, 15) is 4.79 Å². The Hall–Kier alpha value is -2.38. The van der Waals surface area contributed by atoms with Crippen LogP contribution in [-0.4, -0.2) is 48.3 Å². The first kappa shape index (κ1) is 17.4. The zero-order valence-electron chi connectivity index (χ0n) is 14.3. The van der Waals surface area contributed by atoms with Gasteiger partial charge >= 0.3 is 6.16 Å². The first-order valence-electron chi connectivity index (χ1n) is 8.10. The van der Waals surface area contributed by atoms with Gasteiger partial charge < -0.3 is 19.4 Å². The maximum absolute atomic E-state index is 12.0. The summed E-state index contributed by atoms with van der Waals surface area (Å²) in [7, 11) is 4.07. The normalized spacial score (nSPS) is 11.2. The van der Waals surface area contributed by atoms with E-state index in [2.05, 4.69) is 14.9 Å². The number of nitrogens with zero attached hydrogens (tertiary/aromatic N) is 2. The van der Waals surface area contributed by atoms with E-state index in [1.54, 1.807) is 12.3 Å². The van der Waals surface area contributed by atoms with Crippen molar-refractivity contribution in [1.29, 1.82) is 0 Å². The largest absolute Gasteiger partial charge is 0.513 e.